The SMILES string of the molecule is CSc1ccc2ncc(C(=O)c3ccc(N4C[C@H](CNC(C)=O)OC4=O)cc3)n2c1. The highest BCUT2D eigenvalue weighted by atomic mass is 32.2. The van der Waals surface area contributed by atoms with Crippen LogP contribution in [0.2, 0.25) is 0 Å². The van der Waals surface area contributed by atoms with Gasteiger partial charge in [-0.3, -0.25) is 18.9 Å². The van der Waals surface area contributed by atoms with Gasteiger partial charge < -0.3 is 10.1 Å². The first-order valence-corrected chi connectivity index (χ1v) is 10.6. The third-order valence-corrected chi connectivity index (χ3v) is 5.55. The van der Waals surface area contributed by atoms with Gasteiger partial charge in [-0.15, -0.1) is 11.8 Å². The number of thioether (sulfide) groups is 1. The van der Waals surface area contributed by atoms with E-state index in [1.54, 1.807) is 46.6 Å². The van der Waals surface area contributed by atoms with Crippen LogP contribution in [0.15, 0.2) is 53.7 Å². The maximum atomic E-state index is 13.0. The Morgan fingerprint density at radius 3 is 2.70 bits per heavy atom. The Bertz CT molecular complexity index is 1130. The van der Waals surface area contributed by atoms with Gasteiger partial charge in [-0.1, -0.05) is 0 Å². The number of hydrogen-bond acceptors (Lipinski definition) is 6. The second-order valence-electron chi connectivity index (χ2n) is 6.87. The molecule has 0 unspecified atom stereocenters. The van der Waals surface area contributed by atoms with Crippen molar-refractivity contribution < 1.29 is 19.1 Å². The van der Waals surface area contributed by atoms with E-state index in [1.807, 2.05) is 24.6 Å². The number of aromatic nitrogens is 2. The maximum absolute atomic E-state index is 13.0. The molecule has 0 spiro atoms. The summed E-state index contributed by atoms with van der Waals surface area (Å²) >= 11 is 1.59. The summed E-state index contributed by atoms with van der Waals surface area (Å²) in [5, 5.41) is 2.65. The summed E-state index contributed by atoms with van der Waals surface area (Å²) < 4.78 is 7.06. The van der Waals surface area contributed by atoms with Gasteiger partial charge in [0, 0.05) is 29.3 Å². The summed E-state index contributed by atoms with van der Waals surface area (Å²) in [5.41, 5.74) is 2.31. The smallest absolute Gasteiger partial charge is 0.414 e. The van der Waals surface area contributed by atoms with Gasteiger partial charge in [0.25, 0.3) is 0 Å². The molecule has 1 saturated heterocycles. The molecule has 2 aromatic heterocycles. The Labute approximate surface area is 177 Å². The zero-order valence-corrected chi connectivity index (χ0v) is 17.3. The van der Waals surface area contributed by atoms with Crippen LogP contribution < -0.4 is 10.2 Å². The molecule has 1 atom stereocenters. The second-order valence-corrected chi connectivity index (χ2v) is 7.75. The van der Waals surface area contributed by atoms with Gasteiger partial charge in [0.2, 0.25) is 11.7 Å². The van der Waals surface area contributed by atoms with E-state index >= 15 is 0 Å². The Morgan fingerprint density at radius 1 is 1.23 bits per heavy atom. The Kier molecular flexibility index (Phi) is 5.45. The van der Waals surface area contributed by atoms with Gasteiger partial charge >= 0.3 is 6.09 Å². The van der Waals surface area contributed by atoms with Gasteiger partial charge in [0.1, 0.15) is 17.4 Å². The van der Waals surface area contributed by atoms with Crippen LogP contribution in [0.4, 0.5) is 10.5 Å². The van der Waals surface area contributed by atoms with E-state index in [4.69, 9.17) is 4.74 Å². The minimum atomic E-state index is -0.476. The number of ether oxygens (including phenoxy) is 1. The molecule has 8 nitrogen and oxygen atoms in total. The lowest BCUT2D eigenvalue weighted by molar-refractivity contribution is -0.119. The molecule has 0 radical (unpaired) electrons. The zero-order chi connectivity index (χ0) is 21.3. The molecule has 1 fully saturated rings. The van der Waals surface area contributed by atoms with Crippen molar-refractivity contribution in [2.75, 3.05) is 24.2 Å². The molecular weight excluding hydrogens is 404 g/mol. The number of imidazole rings is 1. The lowest BCUT2D eigenvalue weighted by Gasteiger charge is -2.13. The second kappa shape index (κ2) is 8.19. The highest BCUT2D eigenvalue weighted by molar-refractivity contribution is 7.98. The molecule has 1 aliphatic rings. The fraction of sp³-hybridized carbons (Fsp3) is 0.238. The number of carbonyl (C=O) groups excluding carboxylic acids is 3. The van der Waals surface area contributed by atoms with E-state index < -0.39 is 12.2 Å². The molecule has 3 heterocycles. The van der Waals surface area contributed by atoms with Crippen molar-refractivity contribution in [1.29, 1.82) is 0 Å². The first-order valence-electron chi connectivity index (χ1n) is 9.34. The number of nitrogens with one attached hydrogen (secondary N) is 1. The quantitative estimate of drug-likeness (QED) is 0.483. The van der Waals surface area contributed by atoms with Gasteiger partial charge in [-0.25, -0.2) is 9.78 Å². The molecule has 3 aromatic rings. The number of fused-ring (bicyclic) bond motifs is 1. The molecule has 0 saturated carbocycles. The van der Waals surface area contributed by atoms with Gasteiger partial charge in [0.05, 0.1) is 19.3 Å². The van der Waals surface area contributed by atoms with Gasteiger partial charge in [0.15, 0.2) is 0 Å². The Hall–Kier alpha value is -3.33. The van der Waals surface area contributed by atoms with E-state index in [0.29, 0.717) is 29.1 Å². The zero-order valence-electron chi connectivity index (χ0n) is 16.5. The number of pyridine rings is 1. The van der Waals surface area contributed by atoms with Crippen LogP contribution in [0.3, 0.4) is 0 Å². The normalized spacial score (nSPS) is 16.0. The van der Waals surface area contributed by atoms with E-state index in [1.165, 1.54) is 11.8 Å². The third kappa shape index (κ3) is 3.88. The fourth-order valence-corrected chi connectivity index (χ4v) is 3.70. The molecule has 154 valence electrons. The van der Waals surface area contributed by atoms with Crippen LogP contribution in [-0.4, -0.2) is 52.6 Å². The number of ketones is 1. The van der Waals surface area contributed by atoms with Gasteiger partial charge in [-0.2, -0.15) is 0 Å². The van der Waals surface area contributed by atoms with Crippen molar-refractivity contribution in [2.45, 2.75) is 17.9 Å². The van der Waals surface area contributed by atoms with Crippen LogP contribution in [0.25, 0.3) is 5.65 Å². The number of anilines is 1. The minimum Gasteiger partial charge on any atom is -0.442 e. The molecule has 1 N–H and O–H groups in total. The fourth-order valence-electron chi connectivity index (χ4n) is 3.29. The first-order chi connectivity index (χ1) is 14.5. The van der Waals surface area contributed by atoms with Crippen LogP contribution in [-0.2, 0) is 9.53 Å². The molecule has 4 rings (SSSR count). The average molecular weight is 424 g/mol. The summed E-state index contributed by atoms with van der Waals surface area (Å²) in [6, 6.07) is 10.6. The number of rotatable bonds is 6. The van der Waals surface area contributed by atoms with E-state index in [-0.39, 0.29) is 18.2 Å². The number of cyclic esters (lactones) is 1. The molecular formula is C21H20N4O4S. The van der Waals surface area contributed by atoms with Crippen molar-refractivity contribution in [3.8, 4) is 0 Å². The standard InChI is InChI=1S/C21H20N4O4S/c1-13(26)22-9-16-11-24(21(28)29-16)15-5-3-14(4-6-15)20(27)18-10-23-19-8-7-17(30-2)12-25(18)19/h3-8,10,12,16H,9,11H2,1-2H3,(H,22,26)/t16-/m0/s1. The van der Waals surface area contributed by atoms with E-state index in [9.17, 15) is 14.4 Å². The molecule has 2 amide bonds. The minimum absolute atomic E-state index is 0.153. The largest absolute Gasteiger partial charge is 0.442 e. The van der Waals surface area contributed by atoms with Gasteiger partial charge in [-0.05, 0) is 42.7 Å². The number of nitrogens with zero attached hydrogens (tertiary/aromatic N) is 3. The van der Waals surface area contributed by atoms with Crippen LogP contribution >= 0.6 is 11.8 Å². The number of hydrogen-bond donors (Lipinski definition) is 1. The summed E-state index contributed by atoms with van der Waals surface area (Å²) in [6.07, 6.45) is 4.55. The van der Waals surface area contributed by atoms with E-state index in [2.05, 4.69) is 10.3 Å². The summed E-state index contributed by atoms with van der Waals surface area (Å²) in [5.74, 6) is -0.329. The molecule has 0 aliphatic carbocycles. The average Bonchev–Trinajstić information content (AvgIpc) is 3.34. The van der Waals surface area contributed by atoms with Crippen molar-refractivity contribution in [3.63, 3.8) is 0 Å². The predicted molar refractivity (Wildman–Crippen MR) is 113 cm³/mol. The molecule has 30 heavy (non-hydrogen) atoms. The van der Waals surface area contributed by atoms with Crippen molar-refractivity contribution in [3.05, 3.63) is 60.0 Å². The number of benzene rings is 1. The predicted octanol–water partition coefficient (Wildman–Crippen LogP) is 2.75. The first kappa shape index (κ1) is 20.0. The topological polar surface area (TPSA) is 93.0 Å². The molecule has 0 bridgehead atoms. The van der Waals surface area contributed by atoms with Crippen LogP contribution in [0, 0.1) is 0 Å². The van der Waals surface area contributed by atoms with Crippen molar-refractivity contribution >= 4 is 40.9 Å². The Morgan fingerprint density at radius 2 is 2.00 bits per heavy atom. The number of amides is 2. The lowest BCUT2D eigenvalue weighted by Crippen LogP contribution is -2.33. The highest BCUT2D eigenvalue weighted by Gasteiger charge is 2.32. The monoisotopic (exact) mass is 424 g/mol. The van der Waals surface area contributed by atoms with Crippen molar-refractivity contribution in [1.82, 2.24) is 14.7 Å². The Balaban J connectivity index is 1.52. The summed E-state index contributed by atoms with van der Waals surface area (Å²) in [6.45, 7) is 2.01. The summed E-state index contributed by atoms with van der Waals surface area (Å²) in [4.78, 5) is 43.0. The van der Waals surface area contributed by atoms with Crippen LogP contribution in [0.1, 0.15) is 23.0 Å². The summed E-state index contributed by atoms with van der Waals surface area (Å²) in [7, 11) is 0. The van der Waals surface area contributed by atoms with E-state index in [0.717, 1.165) is 4.90 Å². The molecule has 9 heteroatoms. The van der Waals surface area contributed by atoms with Crippen LogP contribution in [0.5, 0.6) is 0 Å². The molecule has 1 aliphatic heterocycles. The maximum Gasteiger partial charge on any atom is 0.414 e. The lowest BCUT2D eigenvalue weighted by atomic mass is 10.1. The highest BCUT2D eigenvalue weighted by Crippen LogP contribution is 2.24. The molecule has 1 aromatic carbocycles. The number of carbonyl (C=O) groups is 3. The third-order valence-electron chi connectivity index (χ3n) is 4.84. The van der Waals surface area contributed by atoms with Crippen molar-refractivity contribution in [2.24, 2.45) is 0 Å².